The molecule has 0 unspecified atom stereocenters. The van der Waals surface area contributed by atoms with Crippen molar-refractivity contribution in [3.8, 4) is 11.5 Å². The van der Waals surface area contributed by atoms with E-state index in [0.29, 0.717) is 29.6 Å². The molecule has 4 fully saturated rings. The van der Waals surface area contributed by atoms with Gasteiger partial charge in [0.1, 0.15) is 0 Å². The van der Waals surface area contributed by atoms with Crippen LogP contribution in [0.5, 0.6) is 11.5 Å². The van der Waals surface area contributed by atoms with Gasteiger partial charge in [0.25, 0.3) is 5.78 Å². The van der Waals surface area contributed by atoms with Gasteiger partial charge >= 0.3 is 0 Å². The molecule has 1 aromatic rings. The first-order chi connectivity index (χ1) is 21.6. The molecule has 46 heavy (non-hydrogen) atoms. The maximum absolute atomic E-state index is 14.7. The number of carbonyl (C=O) groups is 2. The van der Waals surface area contributed by atoms with Gasteiger partial charge in [-0.2, -0.15) is 0 Å². The summed E-state index contributed by atoms with van der Waals surface area (Å²) < 4.78 is 28.6. The fraction of sp³-hybridized carbons (Fsp3) is 0.750. The molecular formula is C40H52O6. The summed E-state index contributed by atoms with van der Waals surface area (Å²) in [6, 6.07) is 2.33. The lowest BCUT2D eigenvalue weighted by Crippen LogP contribution is -2.69. The highest BCUT2D eigenvalue weighted by atomic mass is 16.6. The number of fused-ring (bicyclic) bond motifs is 9. The van der Waals surface area contributed by atoms with Crippen molar-refractivity contribution in [1.82, 2.24) is 0 Å². The molecule has 3 aliphatic carbocycles. The molecule has 2 spiro atoms. The van der Waals surface area contributed by atoms with E-state index in [0.717, 1.165) is 73.8 Å². The van der Waals surface area contributed by atoms with Crippen LogP contribution in [-0.4, -0.2) is 40.6 Å². The van der Waals surface area contributed by atoms with E-state index in [1.165, 1.54) is 12.0 Å². The molecule has 5 heterocycles. The molecule has 6 heteroatoms. The lowest BCUT2D eigenvalue weighted by Gasteiger charge is -2.54. The Morgan fingerprint density at radius 1 is 0.783 bits per heavy atom. The summed E-state index contributed by atoms with van der Waals surface area (Å²) in [5.74, 6) is 1.38. The average Bonchev–Trinajstić information content (AvgIpc) is 3.48. The third kappa shape index (κ3) is 3.51. The van der Waals surface area contributed by atoms with Crippen LogP contribution in [0, 0.1) is 28.6 Å². The van der Waals surface area contributed by atoms with Gasteiger partial charge in [0.05, 0.1) is 23.4 Å². The van der Waals surface area contributed by atoms with Crippen molar-refractivity contribution in [2.45, 2.75) is 161 Å². The molecule has 8 atom stereocenters. The lowest BCUT2D eigenvalue weighted by atomic mass is 9.59. The van der Waals surface area contributed by atoms with Gasteiger partial charge in [-0.05, 0) is 78.7 Å². The SMILES string of the molecule is CC(C)c1cc2c(c3c1O[C@@H]1C4=C(C[C@@]56CCCC(C)(C)[C@@H]5C[C@@H]4O6)C(=O)C(=O)[C@]1(C(C)C)O3)C[C@@]13CCCC(C)(C)[C@@H]1C[C@@H]2O3. The average molecular weight is 629 g/mol. The number of carbonyl (C=O) groups excluding carboxylic acids is 2. The van der Waals surface area contributed by atoms with Gasteiger partial charge in [0.15, 0.2) is 17.6 Å². The van der Waals surface area contributed by atoms with Gasteiger partial charge in [0.2, 0.25) is 11.4 Å². The minimum Gasteiger partial charge on any atom is -0.477 e. The summed E-state index contributed by atoms with van der Waals surface area (Å²) in [6.07, 6.45) is 8.86. The monoisotopic (exact) mass is 628 g/mol. The molecule has 1 aromatic carbocycles. The van der Waals surface area contributed by atoms with Crippen molar-refractivity contribution in [2.24, 2.45) is 28.6 Å². The fourth-order valence-corrected chi connectivity index (χ4v) is 12.3. The second-order valence-electron chi connectivity index (χ2n) is 18.4. The quantitative estimate of drug-likeness (QED) is 0.308. The Kier molecular flexibility index (Phi) is 5.91. The number of ether oxygens (including phenoxy) is 4. The van der Waals surface area contributed by atoms with Crippen molar-refractivity contribution in [3.05, 3.63) is 33.9 Å². The van der Waals surface area contributed by atoms with Gasteiger partial charge < -0.3 is 18.9 Å². The molecule has 6 nitrogen and oxygen atoms in total. The maximum Gasteiger partial charge on any atom is 0.250 e. The minimum absolute atomic E-state index is 0.0105. The van der Waals surface area contributed by atoms with Crippen molar-refractivity contribution in [2.75, 3.05) is 0 Å². The van der Waals surface area contributed by atoms with E-state index in [9.17, 15) is 9.59 Å². The standard InChI is InChI=1S/C40H52O6/c1-20(2)22-15-23-24(18-38-13-9-11-36(5,6)28(38)16-26(23)44-38)33-32(22)43-35-30-25(31(41)34(42)40(35,46-33)21(3)4)19-39-14-10-12-37(7,8)29(39)17-27(30)45-39/h15,20-21,26-29,35H,9-14,16-19H2,1-8H3/t26-,27-,28-,29-,35+,38-,39-,40-/m0/s1. The van der Waals surface area contributed by atoms with Gasteiger partial charge in [-0.3, -0.25) is 9.59 Å². The molecule has 5 aliphatic heterocycles. The Labute approximate surface area is 274 Å². The predicted molar refractivity (Wildman–Crippen MR) is 174 cm³/mol. The van der Waals surface area contributed by atoms with E-state index in [1.54, 1.807) is 0 Å². The molecule has 2 saturated carbocycles. The van der Waals surface area contributed by atoms with Crippen LogP contribution in [0.1, 0.15) is 142 Å². The molecule has 4 bridgehead atoms. The molecule has 9 rings (SSSR count). The number of ketones is 2. The molecule has 0 aromatic heterocycles. The normalized spacial score (nSPS) is 42.4. The summed E-state index contributed by atoms with van der Waals surface area (Å²) in [5, 5.41) is 0. The highest BCUT2D eigenvalue weighted by molar-refractivity contribution is 6.47. The molecule has 248 valence electrons. The van der Waals surface area contributed by atoms with Crippen LogP contribution in [0.25, 0.3) is 0 Å². The first kappa shape index (κ1) is 29.9. The number of benzene rings is 1. The van der Waals surface area contributed by atoms with Gasteiger partial charge in [-0.15, -0.1) is 0 Å². The summed E-state index contributed by atoms with van der Waals surface area (Å²) in [4.78, 5) is 29.1. The van der Waals surface area contributed by atoms with Crippen molar-refractivity contribution in [1.29, 1.82) is 0 Å². The van der Waals surface area contributed by atoms with E-state index in [-0.39, 0.29) is 51.9 Å². The Morgan fingerprint density at radius 3 is 2.02 bits per heavy atom. The number of rotatable bonds is 2. The third-order valence-corrected chi connectivity index (χ3v) is 14.5. The lowest BCUT2D eigenvalue weighted by molar-refractivity contribution is -0.167. The Balaban J connectivity index is 1.22. The van der Waals surface area contributed by atoms with Crippen LogP contribution in [-0.2, 0) is 25.5 Å². The zero-order chi connectivity index (χ0) is 32.3. The van der Waals surface area contributed by atoms with Crippen LogP contribution >= 0.6 is 0 Å². The second kappa shape index (κ2) is 9.08. The highest BCUT2D eigenvalue weighted by Gasteiger charge is 2.70. The summed E-state index contributed by atoms with van der Waals surface area (Å²) >= 11 is 0. The van der Waals surface area contributed by atoms with Gasteiger partial charge in [0, 0.05) is 41.0 Å². The highest BCUT2D eigenvalue weighted by Crippen LogP contribution is 2.66. The summed E-state index contributed by atoms with van der Waals surface area (Å²) in [6.45, 7) is 18.0. The molecule has 0 radical (unpaired) electrons. The zero-order valence-corrected chi connectivity index (χ0v) is 29.1. The molecule has 0 N–H and O–H groups in total. The second-order valence-corrected chi connectivity index (χ2v) is 18.4. The van der Waals surface area contributed by atoms with Crippen LogP contribution in [0.2, 0.25) is 0 Å². The van der Waals surface area contributed by atoms with E-state index < -0.39 is 17.5 Å². The van der Waals surface area contributed by atoms with Crippen molar-refractivity contribution in [3.63, 3.8) is 0 Å². The Morgan fingerprint density at radius 2 is 1.39 bits per heavy atom. The largest absolute Gasteiger partial charge is 0.477 e. The first-order valence-corrected chi connectivity index (χ1v) is 18.4. The number of hydrogen-bond acceptors (Lipinski definition) is 6. The van der Waals surface area contributed by atoms with Crippen LogP contribution in [0.4, 0.5) is 0 Å². The molecular weight excluding hydrogens is 576 g/mol. The Bertz CT molecular complexity index is 1610. The third-order valence-electron chi connectivity index (χ3n) is 14.5. The van der Waals surface area contributed by atoms with Crippen molar-refractivity contribution >= 4 is 11.6 Å². The smallest absolute Gasteiger partial charge is 0.250 e. The summed E-state index contributed by atoms with van der Waals surface area (Å²) in [5.41, 5.74) is 3.30. The van der Waals surface area contributed by atoms with Crippen LogP contribution in [0.15, 0.2) is 17.2 Å². The summed E-state index contributed by atoms with van der Waals surface area (Å²) in [7, 11) is 0. The first-order valence-electron chi connectivity index (χ1n) is 18.4. The molecule has 0 amide bonds. The fourth-order valence-electron chi connectivity index (χ4n) is 12.3. The van der Waals surface area contributed by atoms with E-state index >= 15 is 0 Å². The van der Waals surface area contributed by atoms with Gasteiger partial charge in [-0.1, -0.05) is 68.2 Å². The number of hydrogen-bond donors (Lipinski definition) is 0. The number of Topliss-reactive ketones (excluding diaryl/α,β-unsaturated/α-hetero) is 2. The molecule has 2 saturated heterocycles. The Hall–Kier alpha value is -2.18. The minimum atomic E-state index is -1.43. The van der Waals surface area contributed by atoms with E-state index in [4.69, 9.17) is 18.9 Å². The van der Waals surface area contributed by atoms with Gasteiger partial charge in [-0.25, -0.2) is 0 Å². The van der Waals surface area contributed by atoms with E-state index in [2.05, 4.69) is 47.6 Å². The van der Waals surface area contributed by atoms with Crippen LogP contribution < -0.4 is 9.47 Å². The topological polar surface area (TPSA) is 71.1 Å². The zero-order valence-electron chi connectivity index (χ0n) is 29.1. The van der Waals surface area contributed by atoms with E-state index in [1.807, 2.05) is 13.8 Å². The maximum atomic E-state index is 14.7. The van der Waals surface area contributed by atoms with Crippen LogP contribution in [0.3, 0.4) is 0 Å². The predicted octanol–water partition coefficient (Wildman–Crippen LogP) is 8.13. The molecule has 8 aliphatic rings. The van der Waals surface area contributed by atoms with Crippen molar-refractivity contribution < 1.29 is 28.5 Å².